The Morgan fingerprint density at radius 2 is 2.30 bits per heavy atom. The first-order valence-electron chi connectivity index (χ1n) is 3.58. The minimum absolute atomic E-state index is 1.07. The number of hydrogen-bond donors (Lipinski definition) is 0. The quantitative estimate of drug-likeness (QED) is 0.524. The van der Waals surface area contributed by atoms with Gasteiger partial charge in [-0.2, -0.15) is 0 Å². The molecule has 1 nitrogen and oxygen atoms in total. The minimum Gasteiger partial charge on any atom is -0.261 e. The number of hydrogen-bond acceptors (Lipinski definition) is 1. The summed E-state index contributed by atoms with van der Waals surface area (Å²) in [5.41, 5.74) is 3.62. The maximum Gasteiger partial charge on any atom is 0.0429 e. The van der Waals surface area contributed by atoms with E-state index < -0.39 is 0 Å². The number of nitrogens with zero attached hydrogens (tertiary/aromatic N) is 1. The summed E-state index contributed by atoms with van der Waals surface area (Å²) in [5.74, 6) is 0. The van der Waals surface area contributed by atoms with Gasteiger partial charge in [0.15, 0.2) is 0 Å². The van der Waals surface area contributed by atoms with Crippen LogP contribution in [0.4, 0.5) is 0 Å². The Morgan fingerprint density at radius 1 is 1.60 bits per heavy atom. The molecule has 10 heavy (non-hydrogen) atoms. The van der Waals surface area contributed by atoms with Gasteiger partial charge in [-0.25, -0.2) is 0 Å². The van der Waals surface area contributed by atoms with Crippen molar-refractivity contribution in [3.63, 3.8) is 0 Å². The molecular formula is C9H13N. The van der Waals surface area contributed by atoms with Gasteiger partial charge in [-0.05, 0) is 32.3 Å². The monoisotopic (exact) mass is 135 g/mol. The molecule has 0 saturated heterocycles. The molecule has 0 aliphatic carbocycles. The molecule has 0 aromatic carbocycles. The van der Waals surface area contributed by atoms with Crippen LogP contribution >= 0.6 is 0 Å². The minimum atomic E-state index is 1.07. The number of rotatable bonds is 1. The van der Waals surface area contributed by atoms with Crippen molar-refractivity contribution < 1.29 is 0 Å². The molecule has 54 valence electrons. The molecule has 1 rings (SSSR count). The zero-order valence-electron chi connectivity index (χ0n) is 6.65. The van der Waals surface area contributed by atoms with Crippen LogP contribution in [0.5, 0.6) is 0 Å². The SMILES string of the molecule is C=C(C)C1=NC=C(C)CC1. The Bertz CT molecular complexity index is 209. The standard InChI is InChI=1S/C9H13N/c1-7(2)9-5-4-8(3)6-10-9/h6H,1,4-5H2,2-3H3. The Labute approximate surface area is 62.2 Å². The Balaban J connectivity index is 2.74. The molecule has 0 fully saturated rings. The van der Waals surface area contributed by atoms with Crippen molar-refractivity contribution >= 4 is 5.71 Å². The van der Waals surface area contributed by atoms with Gasteiger partial charge in [-0.15, -0.1) is 0 Å². The van der Waals surface area contributed by atoms with Crippen molar-refractivity contribution in [2.75, 3.05) is 0 Å². The van der Waals surface area contributed by atoms with E-state index in [1.165, 1.54) is 5.57 Å². The van der Waals surface area contributed by atoms with Crippen molar-refractivity contribution in [2.45, 2.75) is 26.7 Å². The van der Waals surface area contributed by atoms with Crippen LogP contribution < -0.4 is 0 Å². The van der Waals surface area contributed by atoms with E-state index >= 15 is 0 Å². The van der Waals surface area contributed by atoms with E-state index in [4.69, 9.17) is 0 Å². The summed E-state index contributed by atoms with van der Waals surface area (Å²) in [6.07, 6.45) is 4.15. The molecule has 0 aromatic heterocycles. The molecule has 0 bridgehead atoms. The van der Waals surface area contributed by atoms with Gasteiger partial charge in [0.25, 0.3) is 0 Å². The number of aliphatic imine (C=N–C) groups is 1. The van der Waals surface area contributed by atoms with E-state index in [1.807, 2.05) is 13.1 Å². The summed E-state index contributed by atoms with van der Waals surface area (Å²) in [6.45, 7) is 7.96. The smallest absolute Gasteiger partial charge is 0.0429 e. The molecule has 1 aliphatic rings. The van der Waals surface area contributed by atoms with E-state index in [-0.39, 0.29) is 0 Å². The normalized spacial score (nSPS) is 17.8. The zero-order valence-corrected chi connectivity index (χ0v) is 6.65. The Kier molecular flexibility index (Phi) is 2.05. The third kappa shape index (κ3) is 1.56. The highest BCUT2D eigenvalue weighted by Crippen LogP contribution is 2.14. The molecule has 0 atom stereocenters. The lowest BCUT2D eigenvalue weighted by Gasteiger charge is -2.09. The molecular weight excluding hydrogens is 122 g/mol. The second kappa shape index (κ2) is 2.82. The summed E-state index contributed by atoms with van der Waals surface area (Å²) in [4.78, 5) is 4.27. The third-order valence-corrected chi connectivity index (χ3v) is 1.69. The van der Waals surface area contributed by atoms with Gasteiger partial charge >= 0.3 is 0 Å². The fourth-order valence-electron chi connectivity index (χ4n) is 0.956. The first-order chi connectivity index (χ1) is 4.70. The highest BCUT2D eigenvalue weighted by Gasteiger charge is 2.04. The molecule has 0 N–H and O–H groups in total. The lowest BCUT2D eigenvalue weighted by atomic mass is 10.0. The molecule has 0 saturated carbocycles. The largest absolute Gasteiger partial charge is 0.261 e. The maximum absolute atomic E-state index is 4.27. The van der Waals surface area contributed by atoms with Crippen LogP contribution in [0, 0.1) is 0 Å². The lowest BCUT2D eigenvalue weighted by Crippen LogP contribution is -2.02. The fourth-order valence-corrected chi connectivity index (χ4v) is 0.956. The summed E-state index contributed by atoms with van der Waals surface area (Å²) < 4.78 is 0. The van der Waals surface area contributed by atoms with Gasteiger partial charge < -0.3 is 0 Å². The summed E-state index contributed by atoms with van der Waals surface area (Å²) in [5, 5.41) is 0. The van der Waals surface area contributed by atoms with Crippen molar-refractivity contribution in [3.8, 4) is 0 Å². The predicted molar refractivity (Wildman–Crippen MR) is 45.2 cm³/mol. The Hall–Kier alpha value is -0.850. The fraction of sp³-hybridized carbons (Fsp3) is 0.444. The van der Waals surface area contributed by atoms with E-state index in [9.17, 15) is 0 Å². The van der Waals surface area contributed by atoms with Gasteiger partial charge in [-0.3, -0.25) is 4.99 Å². The van der Waals surface area contributed by atoms with Gasteiger partial charge in [0.1, 0.15) is 0 Å². The molecule has 1 heterocycles. The molecule has 0 radical (unpaired) electrons. The van der Waals surface area contributed by atoms with Crippen molar-refractivity contribution in [3.05, 3.63) is 23.9 Å². The average molecular weight is 135 g/mol. The summed E-state index contributed by atoms with van der Waals surface area (Å²) >= 11 is 0. The molecule has 0 spiro atoms. The highest BCUT2D eigenvalue weighted by atomic mass is 14.7. The zero-order chi connectivity index (χ0) is 7.56. The van der Waals surface area contributed by atoms with Gasteiger partial charge in [-0.1, -0.05) is 12.2 Å². The molecule has 1 aliphatic heterocycles. The van der Waals surface area contributed by atoms with E-state index in [0.29, 0.717) is 0 Å². The predicted octanol–water partition coefficient (Wildman–Crippen LogP) is 2.70. The molecule has 0 aromatic rings. The first-order valence-corrected chi connectivity index (χ1v) is 3.58. The third-order valence-electron chi connectivity index (χ3n) is 1.69. The maximum atomic E-state index is 4.27. The van der Waals surface area contributed by atoms with E-state index in [0.717, 1.165) is 24.1 Å². The van der Waals surface area contributed by atoms with Crippen molar-refractivity contribution in [2.24, 2.45) is 4.99 Å². The van der Waals surface area contributed by atoms with Gasteiger partial charge in [0.2, 0.25) is 0 Å². The van der Waals surface area contributed by atoms with Crippen LogP contribution in [-0.2, 0) is 0 Å². The van der Waals surface area contributed by atoms with Crippen LogP contribution in [0.2, 0.25) is 0 Å². The van der Waals surface area contributed by atoms with Gasteiger partial charge in [0, 0.05) is 11.9 Å². The van der Waals surface area contributed by atoms with E-state index in [2.05, 4.69) is 18.5 Å². The van der Waals surface area contributed by atoms with Crippen LogP contribution in [0.1, 0.15) is 26.7 Å². The highest BCUT2D eigenvalue weighted by molar-refractivity contribution is 6.00. The van der Waals surface area contributed by atoms with E-state index in [1.54, 1.807) is 0 Å². The second-order valence-corrected chi connectivity index (χ2v) is 2.83. The summed E-state index contributed by atoms with van der Waals surface area (Å²) in [6, 6.07) is 0. The van der Waals surface area contributed by atoms with Crippen LogP contribution in [0.3, 0.4) is 0 Å². The van der Waals surface area contributed by atoms with Crippen molar-refractivity contribution in [1.29, 1.82) is 0 Å². The van der Waals surface area contributed by atoms with Crippen LogP contribution in [-0.4, -0.2) is 5.71 Å². The Morgan fingerprint density at radius 3 is 2.70 bits per heavy atom. The molecule has 0 unspecified atom stereocenters. The van der Waals surface area contributed by atoms with Crippen LogP contribution in [0.15, 0.2) is 28.9 Å². The summed E-state index contributed by atoms with van der Waals surface area (Å²) in [7, 11) is 0. The molecule has 0 amide bonds. The van der Waals surface area contributed by atoms with Crippen molar-refractivity contribution in [1.82, 2.24) is 0 Å². The van der Waals surface area contributed by atoms with Gasteiger partial charge in [0.05, 0.1) is 0 Å². The second-order valence-electron chi connectivity index (χ2n) is 2.83. The lowest BCUT2D eigenvalue weighted by molar-refractivity contribution is 0.974. The molecule has 1 heteroatoms. The van der Waals surface area contributed by atoms with Crippen LogP contribution in [0.25, 0.3) is 0 Å². The average Bonchev–Trinajstić information content (AvgIpc) is 1.88. The topological polar surface area (TPSA) is 12.4 Å². The first kappa shape index (κ1) is 7.26. The number of allylic oxidation sites excluding steroid dienone is 2.